The number of benzene rings is 3. The van der Waals surface area contributed by atoms with Crippen LogP contribution in [-0.2, 0) is 11.2 Å². The number of hydrogen-bond donors (Lipinski definition) is 3. The zero-order valence-corrected chi connectivity index (χ0v) is 16.2. The minimum atomic E-state index is -0.0993. The van der Waals surface area contributed by atoms with Gasteiger partial charge < -0.3 is 15.6 Å². The molecule has 1 aliphatic heterocycles. The summed E-state index contributed by atoms with van der Waals surface area (Å²) < 4.78 is 0. The van der Waals surface area contributed by atoms with Crippen molar-refractivity contribution in [3.8, 4) is 0 Å². The molecule has 0 unspecified atom stereocenters. The molecule has 5 heteroatoms. The number of para-hydroxylation sites is 1. The van der Waals surface area contributed by atoms with Crippen molar-refractivity contribution in [3.63, 3.8) is 0 Å². The lowest BCUT2D eigenvalue weighted by Gasteiger charge is -2.15. The van der Waals surface area contributed by atoms with E-state index in [-0.39, 0.29) is 5.91 Å². The van der Waals surface area contributed by atoms with Gasteiger partial charge in [0.05, 0.1) is 23.3 Å². The van der Waals surface area contributed by atoms with E-state index in [1.807, 2.05) is 72.9 Å². The lowest BCUT2D eigenvalue weighted by Crippen LogP contribution is -2.10. The average Bonchev–Trinajstić information content (AvgIpc) is 3.41. The van der Waals surface area contributed by atoms with Gasteiger partial charge in [-0.15, -0.1) is 0 Å². The Morgan fingerprint density at radius 2 is 1.67 bits per heavy atom. The van der Waals surface area contributed by atoms with Gasteiger partial charge in [-0.2, -0.15) is 0 Å². The van der Waals surface area contributed by atoms with Crippen molar-refractivity contribution >= 4 is 28.6 Å². The number of carbonyl (C=O) groups excluding carboxylic acids is 1. The van der Waals surface area contributed by atoms with Crippen LogP contribution in [0.15, 0.2) is 91.4 Å². The third kappa shape index (κ3) is 3.49. The van der Waals surface area contributed by atoms with Crippen molar-refractivity contribution in [1.82, 2.24) is 9.97 Å². The number of hydrogen-bond acceptors (Lipinski definition) is 3. The number of nitrogens with zero attached hydrogens (tertiary/aromatic N) is 1. The van der Waals surface area contributed by atoms with Crippen LogP contribution in [0, 0.1) is 0 Å². The van der Waals surface area contributed by atoms with E-state index in [0.29, 0.717) is 5.57 Å². The number of aromatic amines is 1. The maximum absolute atomic E-state index is 12.8. The van der Waals surface area contributed by atoms with Gasteiger partial charge in [0.2, 0.25) is 0 Å². The maximum Gasteiger partial charge on any atom is 0.258 e. The molecule has 3 aromatic carbocycles. The largest absolute Gasteiger partial charge is 0.354 e. The Labute approximate surface area is 174 Å². The third-order valence-corrected chi connectivity index (χ3v) is 5.15. The summed E-state index contributed by atoms with van der Waals surface area (Å²) in [5.41, 5.74) is 7.23. The van der Waals surface area contributed by atoms with Crippen LogP contribution in [0.3, 0.4) is 0 Å². The number of amides is 1. The number of rotatable bonds is 5. The van der Waals surface area contributed by atoms with Crippen molar-refractivity contribution in [1.29, 1.82) is 0 Å². The smallest absolute Gasteiger partial charge is 0.258 e. The molecule has 0 spiro atoms. The minimum Gasteiger partial charge on any atom is -0.354 e. The molecular formula is C25H20N4O. The van der Waals surface area contributed by atoms with Crippen molar-refractivity contribution in [2.45, 2.75) is 6.42 Å². The molecule has 5 rings (SSSR count). The van der Waals surface area contributed by atoms with Crippen LogP contribution in [0.2, 0.25) is 0 Å². The number of carbonyl (C=O) groups is 1. The Kier molecular flexibility index (Phi) is 4.62. The fraction of sp³-hybridized carbons (Fsp3) is 0.0400. The molecule has 5 nitrogen and oxygen atoms in total. The molecule has 4 aromatic rings. The van der Waals surface area contributed by atoms with E-state index in [0.717, 1.165) is 40.3 Å². The summed E-state index contributed by atoms with van der Waals surface area (Å²) in [7, 11) is 0. The predicted molar refractivity (Wildman–Crippen MR) is 120 cm³/mol. The molecule has 0 bridgehead atoms. The zero-order chi connectivity index (χ0) is 20.3. The molecule has 1 amide bonds. The van der Waals surface area contributed by atoms with Gasteiger partial charge in [0.15, 0.2) is 0 Å². The van der Waals surface area contributed by atoms with E-state index < -0.39 is 0 Å². The summed E-state index contributed by atoms with van der Waals surface area (Å²) in [6.45, 7) is 0. The highest BCUT2D eigenvalue weighted by molar-refractivity contribution is 6.37. The first-order valence-electron chi connectivity index (χ1n) is 9.82. The van der Waals surface area contributed by atoms with Gasteiger partial charge in [-0.05, 0) is 29.3 Å². The second-order valence-electron chi connectivity index (χ2n) is 7.17. The summed E-state index contributed by atoms with van der Waals surface area (Å²) in [5.74, 6) is -0.0993. The first kappa shape index (κ1) is 17.9. The third-order valence-electron chi connectivity index (χ3n) is 5.15. The number of anilines is 2. The van der Waals surface area contributed by atoms with Crippen LogP contribution in [0.1, 0.15) is 22.4 Å². The molecule has 3 N–H and O–H groups in total. The molecule has 1 aromatic heterocycles. The van der Waals surface area contributed by atoms with Crippen LogP contribution >= 0.6 is 0 Å². The van der Waals surface area contributed by atoms with Crippen LogP contribution in [0.4, 0.5) is 11.4 Å². The summed E-state index contributed by atoms with van der Waals surface area (Å²) >= 11 is 0. The maximum atomic E-state index is 12.8. The Morgan fingerprint density at radius 3 is 2.43 bits per heavy atom. The molecule has 1 aliphatic rings. The summed E-state index contributed by atoms with van der Waals surface area (Å²) in [6, 6.07) is 25.9. The lowest BCUT2D eigenvalue weighted by atomic mass is 10.00. The summed E-state index contributed by atoms with van der Waals surface area (Å²) in [4.78, 5) is 20.1. The van der Waals surface area contributed by atoms with Gasteiger partial charge >= 0.3 is 0 Å². The Morgan fingerprint density at radius 1 is 0.900 bits per heavy atom. The van der Waals surface area contributed by atoms with E-state index >= 15 is 0 Å². The Hall–Kier alpha value is -4.12. The van der Waals surface area contributed by atoms with E-state index in [2.05, 4.69) is 32.7 Å². The van der Waals surface area contributed by atoms with Crippen molar-refractivity contribution < 1.29 is 4.79 Å². The predicted octanol–water partition coefficient (Wildman–Crippen LogP) is 4.93. The monoisotopic (exact) mass is 392 g/mol. The van der Waals surface area contributed by atoms with E-state index in [4.69, 9.17) is 0 Å². The SMILES string of the molecule is O=C1Nc2ccccc2/C1=C(/Nc1ccc(Cc2c[nH]cn2)cc1)c1ccccc1. The van der Waals surface area contributed by atoms with Crippen molar-refractivity contribution in [3.05, 3.63) is 114 Å². The van der Waals surface area contributed by atoms with Crippen LogP contribution in [0.5, 0.6) is 0 Å². The lowest BCUT2D eigenvalue weighted by molar-refractivity contribution is -0.110. The normalized spacial score (nSPS) is 14.2. The molecule has 0 atom stereocenters. The zero-order valence-electron chi connectivity index (χ0n) is 16.2. The fourth-order valence-corrected chi connectivity index (χ4v) is 3.70. The van der Waals surface area contributed by atoms with Crippen LogP contribution in [-0.4, -0.2) is 15.9 Å². The average molecular weight is 392 g/mol. The number of fused-ring (bicyclic) bond motifs is 1. The Balaban J connectivity index is 1.52. The molecule has 0 saturated heterocycles. The summed E-state index contributed by atoms with van der Waals surface area (Å²) in [5, 5.41) is 6.46. The highest BCUT2D eigenvalue weighted by Gasteiger charge is 2.27. The molecule has 30 heavy (non-hydrogen) atoms. The number of nitrogens with one attached hydrogen (secondary N) is 3. The molecule has 0 aliphatic carbocycles. The van der Waals surface area contributed by atoms with Crippen molar-refractivity contribution in [2.24, 2.45) is 0 Å². The van der Waals surface area contributed by atoms with Gasteiger partial charge in [0.1, 0.15) is 0 Å². The first-order chi connectivity index (χ1) is 14.8. The van der Waals surface area contributed by atoms with Crippen LogP contribution < -0.4 is 10.6 Å². The second-order valence-corrected chi connectivity index (χ2v) is 7.17. The number of imidazole rings is 1. The standard InChI is InChI=1S/C25H20N4O/c30-25-23(21-8-4-5-9-22(21)29-25)24(18-6-2-1-3-7-18)28-19-12-10-17(11-13-19)14-20-15-26-16-27-20/h1-13,15-16,28H,14H2,(H,26,27)(H,29,30)/b24-23-. The van der Waals surface area contributed by atoms with Gasteiger partial charge in [-0.25, -0.2) is 4.98 Å². The van der Waals surface area contributed by atoms with Gasteiger partial charge in [0, 0.05) is 29.6 Å². The number of H-pyrrole nitrogens is 1. The number of aromatic nitrogens is 2. The van der Waals surface area contributed by atoms with E-state index in [1.165, 1.54) is 5.56 Å². The Bertz CT molecular complexity index is 1210. The topological polar surface area (TPSA) is 69.8 Å². The molecule has 0 saturated carbocycles. The van der Waals surface area contributed by atoms with Gasteiger partial charge in [0.25, 0.3) is 5.91 Å². The highest BCUT2D eigenvalue weighted by atomic mass is 16.2. The molecule has 0 radical (unpaired) electrons. The highest BCUT2D eigenvalue weighted by Crippen LogP contribution is 2.37. The molecular weight excluding hydrogens is 372 g/mol. The van der Waals surface area contributed by atoms with E-state index in [9.17, 15) is 4.79 Å². The summed E-state index contributed by atoms with van der Waals surface area (Å²) in [6.07, 6.45) is 4.36. The quantitative estimate of drug-likeness (QED) is 0.422. The molecule has 146 valence electrons. The fourth-order valence-electron chi connectivity index (χ4n) is 3.70. The van der Waals surface area contributed by atoms with Gasteiger partial charge in [-0.3, -0.25) is 4.79 Å². The minimum absolute atomic E-state index is 0.0993. The van der Waals surface area contributed by atoms with E-state index in [1.54, 1.807) is 6.33 Å². The van der Waals surface area contributed by atoms with Crippen LogP contribution in [0.25, 0.3) is 11.3 Å². The molecule has 0 fully saturated rings. The molecule has 2 heterocycles. The van der Waals surface area contributed by atoms with Gasteiger partial charge in [-0.1, -0.05) is 60.7 Å². The first-order valence-corrected chi connectivity index (χ1v) is 9.82. The second kappa shape index (κ2) is 7.72. The van der Waals surface area contributed by atoms with Crippen molar-refractivity contribution in [2.75, 3.05) is 10.6 Å².